The second kappa shape index (κ2) is 6.40. The molecule has 0 atom stereocenters. The molecule has 0 unspecified atom stereocenters. The average Bonchev–Trinajstić information content (AvgIpc) is 3.24. The molecule has 0 radical (unpaired) electrons. The fourth-order valence-corrected chi connectivity index (χ4v) is 2.14. The summed E-state index contributed by atoms with van der Waals surface area (Å²) in [6, 6.07) is 11.2. The van der Waals surface area contributed by atoms with Crippen LogP contribution in [0.25, 0.3) is 0 Å². The van der Waals surface area contributed by atoms with Crippen LogP contribution in [0, 0.1) is 0 Å². The predicted molar refractivity (Wildman–Crippen MR) is 72.8 cm³/mol. The van der Waals surface area contributed by atoms with E-state index in [2.05, 4.69) is 34.3 Å². The lowest BCUT2D eigenvalue weighted by Crippen LogP contribution is -2.32. The van der Waals surface area contributed by atoms with Crippen molar-refractivity contribution in [2.45, 2.75) is 31.7 Å². The maximum atomic E-state index is 8.55. The minimum absolute atomic E-state index is 0.320. The zero-order chi connectivity index (χ0) is 12.8. The number of hydrogen-bond acceptors (Lipinski definition) is 3. The van der Waals surface area contributed by atoms with Crippen LogP contribution in [-0.4, -0.2) is 35.1 Å². The van der Waals surface area contributed by atoms with Crippen molar-refractivity contribution in [1.29, 1.82) is 0 Å². The molecule has 1 aromatic rings. The molecule has 2 rings (SSSR count). The maximum absolute atomic E-state index is 8.55. The van der Waals surface area contributed by atoms with Gasteiger partial charge in [-0.2, -0.15) is 0 Å². The zero-order valence-corrected chi connectivity index (χ0v) is 10.6. The molecule has 98 valence electrons. The van der Waals surface area contributed by atoms with Gasteiger partial charge in [0.1, 0.15) is 5.84 Å². The molecular formula is C14H21N3O. The highest BCUT2D eigenvalue weighted by Crippen LogP contribution is 2.27. The van der Waals surface area contributed by atoms with Gasteiger partial charge in [-0.1, -0.05) is 35.5 Å². The minimum atomic E-state index is 0.320. The van der Waals surface area contributed by atoms with Gasteiger partial charge in [-0.15, -0.1) is 0 Å². The molecule has 1 aliphatic rings. The standard InChI is InChI=1S/C14H21N3O/c15-14(16-18)9-11-17(13-6-7-13)10-8-12-4-2-1-3-5-12/h1-5,13,18H,6-11H2,(H2,15,16). The van der Waals surface area contributed by atoms with Crippen molar-refractivity contribution < 1.29 is 5.21 Å². The summed E-state index contributed by atoms with van der Waals surface area (Å²) in [4.78, 5) is 2.45. The molecule has 0 spiro atoms. The predicted octanol–water partition coefficient (Wildman–Crippen LogP) is 1.83. The molecule has 18 heavy (non-hydrogen) atoms. The van der Waals surface area contributed by atoms with Crippen molar-refractivity contribution in [3.8, 4) is 0 Å². The van der Waals surface area contributed by atoms with E-state index < -0.39 is 0 Å². The van der Waals surface area contributed by atoms with Crippen LogP contribution in [0.15, 0.2) is 35.5 Å². The average molecular weight is 247 g/mol. The number of hydrogen-bond donors (Lipinski definition) is 2. The quantitative estimate of drug-likeness (QED) is 0.334. The molecule has 4 heteroatoms. The van der Waals surface area contributed by atoms with Crippen LogP contribution in [-0.2, 0) is 6.42 Å². The summed E-state index contributed by atoms with van der Waals surface area (Å²) in [5.41, 5.74) is 6.89. The van der Waals surface area contributed by atoms with E-state index in [1.54, 1.807) is 0 Å². The first-order valence-electron chi connectivity index (χ1n) is 6.54. The first-order chi connectivity index (χ1) is 8.79. The smallest absolute Gasteiger partial charge is 0.140 e. The Balaban J connectivity index is 1.80. The van der Waals surface area contributed by atoms with Crippen molar-refractivity contribution in [3.63, 3.8) is 0 Å². The highest BCUT2D eigenvalue weighted by atomic mass is 16.4. The molecule has 1 aliphatic carbocycles. The Hall–Kier alpha value is -1.55. The molecule has 0 amide bonds. The van der Waals surface area contributed by atoms with E-state index in [-0.39, 0.29) is 0 Å². The van der Waals surface area contributed by atoms with E-state index in [9.17, 15) is 0 Å². The number of benzene rings is 1. The number of amidine groups is 1. The van der Waals surface area contributed by atoms with Crippen LogP contribution in [0.4, 0.5) is 0 Å². The van der Waals surface area contributed by atoms with Crippen LogP contribution in [0.1, 0.15) is 24.8 Å². The van der Waals surface area contributed by atoms with Gasteiger partial charge in [0, 0.05) is 25.6 Å². The molecule has 1 fully saturated rings. The molecule has 0 heterocycles. The Kier molecular flexibility index (Phi) is 4.59. The van der Waals surface area contributed by atoms with Gasteiger partial charge in [0.25, 0.3) is 0 Å². The topological polar surface area (TPSA) is 61.8 Å². The second-order valence-electron chi connectivity index (χ2n) is 4.84. The summed E-state index contributed by atoms with van der Waals surface area (Å²) in [7, 11) is 0. The molecule has 4 nitrogen and oxygen atoms in total. The molecule has 0 aromatic heterocycles. The molecule has 0 saturated heterocycles. The summed E-state index contributed by atoms with van der Waals surface area (Å²) in [5, 5.41) is 11.6. The number of rotatable bonds is 7. The van der Waals surface area contributed by atoms with Gasteiger partial charge in [0.05, 0.1) is 0 Å². The van der Waals surface area contributed by atoms with E-state index in [4.69, 9.17) is 10.9 Å². The Labute approximate surface area is 108 Å². The van der Waals surface area contributed by atoms with Crippen molar-refractivity contribution in [2.75, 3.05) is 13.1 Å². The highest BCUT2D eigenvalue weighted by Gasteiger charge is 2.28. The SMILES string of the molecule is NC(CCN(CCc1ccccc1)C1CC1)=NO. The molecular weight excluding hydrogens is 226 g/mol. The van der Waals surface area contributed by atoms with Crippen LogP contribution in [0.5, 0.6) is 0 Å². The van der Waals surface area contributed by atoms with Crippen molar-refractivity contribution in [3.05, 3.63) is 35.9 Å². The lowest BCUT2D eigenvalue weighted by atomic mass is 10.1. The van der Waals surface area contributed by atoms with Gasteiger partial charge in [-0.25, -0.2) is 0 Å². The first kappa shape index (κ1) is 12.9. The maximum Gasteiger partial charge on any atom is 0.140 e. The Bertz CT molecular complexity index is 387. The first-order valence-corrected chi connectivity index (χ1v) is 6.54. The summed E-state index contributed by atoms with van der Waals surface area (Å²) in [5.74, 6) is 0.320. The van der Waals surface area contributed by atoms with E-state index >= 15 is 0 Å². The van der Waals surface area contributed by atoms with Crippen LogP contribution in [0.2, 0.25) is 0 Å². The fourth-order valence-electron chi connectivity index (χ4n) is 2.14. The van der Waals surface area contributed by atoms with E-state index in [0.29, 0.717) is 18.3 Å². The Morgan fingerprint density at radius 1 is 1.28 bits per heavy atom. The van der Waals surface area contributed by atoms with Gasteiger partial charge >= 0.3 is 0 Å². The van der Waals surface area contributed by atoms with E-state index in [0.717, 1.165) is 19.5 Å². The van der Waals surface area contributed by atoms with Crippen LogP contribution >= 0.6 is 0 Å². The lowest BCUT2D eigenvalue weighted by molar-refractivity contribution is 0.271. The van der Waals surface area contributed by atoms with E-state index in [1.165, 1.54) is 18.4 Å². The van der Waals surface area contributed by atoms with Crippen LogP contribution in [0.3, 0.4) is 0 Å². The fraction of sp³-hybridized carbons (Fsp3) is 0.500. The summed E-state index contributed by atoms with van der Waals surface area (Å²) >= 11 is 0. The van der Waals surface area contributed by atoms with Gasteiger partial charge in [0.15, 0.2) is 0 Å². The summed E-state index contributed by atoms with van der Waals surface area (Å²) in [6.07, 6.45) is 4.27. The monoisotopic (exact) mass is 247 g/mol. The van der Waals surface area contributed by atoms with Crippen molar-refractivity contribution in [2.24, 2.45) is 10.9 Å². The molecule has 1 saturated carbocycles. The van der Waals surface area contributed by atoms with Crippen molar-refractivity contribution in [1.82, 2.24) is 4.90 Å². The lowest BCUT2D eigenvalue weighted by Gasteiger charge is -2.21. The third-order valence-corrected chi connectivity index (χ3v) is 3.38. The molecule has 0 bridgehead atoms. The molecule has 1 aromatic carbocycles. The number of nitrogens with zero attached hydrogens (tertiary/aromatic N) is 2. The zero-order valence-electron chi connectivity index (χ0n) is 10.6. The number of oxime groups is 1. The minimum Gasteiger partial charge on any atom is -0.409 e. The van der Waals surface area contributed by atoms with Crippen molar-refractivity contribution >= 4 is 5.84 Å². The second-order valence-corrected chi connectivity index (χ2v) is 4.84. The molecule has 3 N–H and O–H groups in total. The van der Waals surface area contributed by atoms with Gasteiger partial charge in [-0.05, 0) is 24.8 Å². The number of nitrogens with two attached hydrogens (primary N) is 1. The van der Waals surface area contributed by atoms with Gasteiger partial charge in [-0.3, -0.25) is 4.90 Å². The normalized spacial score (nSPS) is 16.2. The Morgan fingerprint density at radius 3 is 2.61 bits per heavy atom. The largest absolute Gasteiger partial charge is 0.409 e. The third-order valence-electron chi connectivity index (χ3n) is 3.38. The summed E-state index contributed by atoms with van der Waals surface area (Å²) < 4.78 is 0. The third kappa shape index (κ3) is 4.04. The Morgan fingerprint density at radius 2 is 2.00 bits per heavy atom. The van der Waals surface area contributed by atoms with Gasteiger partial charge in [0.2, 0.25) is 0 Å². The molecule has 0 aliphatic heterocycles. The summed E-state index contributed by atoms with van der Waals surface area (Å²) in [6.45, 7) is 1.93. The van der Waals surface area contributed by atoms with Gasteiger partial charge < -0.3 is 10.9 Å². The van der Waals surface area contributed by atoms with E-state index in [1.807, 2.05) is 6.07 Å². The highest BCUT2D eigenvalue weighted by molar-refractivity contribution is 5.79. The van der Waals surface area contributed by atoms with Crippen LogP contribution < -0.4 is 5.73 Å².